The molecule has 0 saturated carbocycles. The maximum absolute atomic E-state index is 12.3. The van der Waals surface area contributed by atoms with Crippen molar-refractivity contribution in [2.24, 2.45) is 0 Å². The number of aromatic nitrogens is 2. The van der Waals surface area contributed by atoms with Gasteiger partial charge in [-0.2, -0.15) is 4.98 Å². The maximum Gasteiger partial charge on any atom is 0.226 e. The van der Waals surface area contributed by atoms with E-state index in [4.69, 9.17) is 9.26 Å². The number of ether oxygens (including phenoxy) is 1. The van der Waals surface area contributed by atoms with Crippen LogP contribution < -0.4 is 5.32 Å². The Bertz CT molecular complexity index is 821. The largest absolute Gasteiger partial charge is 0.376 e. The van der Waals surface area contributed by atoms with Crippen LogP contribution in [-0.2, 0) is 16.0 Å². The van der Waals surface area contributed by atoms with Crippen LogP contribution >= 0.6 is 0 Å². The average Bonchev–Trinajstić information content (AvgIpc) is 3.28. The number of hydrogen-bond donors (Lipinski definition) is 1. The smallest absolute Gasteiger partial charge is 0.226 e. The Morgan fingerprint density at radius 2 is 2.18 bits per heavy atom. The summed E-state index contributed by atoms with van der Waals surface area (Å²) < 4.78 is 11.1. The van der Waals surface area contributed by atoms with Crippen LogP contribution in [0, 0.1) is 6.92 Å². The van der Waals surface area contributed by atoms with Gasteiger partial charge in [0, 0.05) is 43.6 Å². The predicted molar refractivity (Wildman–Crippen MR) is 105 cm³/mol. The second-order valence-electron chi connectivity index (χ2n) is 7.93. The van der Waals surface area contributed by atoms with Crippen LogP contribution in [0.5, 0.6) is 0 Å². The van der Waals surface area contributed by atoms with Gasteiger partial charge in [0.1, 0.15) is 0 Å². The number of carbonyl (C=O) groups is 1. The van der Waals surface area contributed by atoms with Gasteiger partial charge in [0.2, 0.25) is 17.6 Å². The molecular formula is C21H28N4O3. The normalized spacial score (nSPS) is 24.9. The summed E-state index contributed by atoms with van der Waals surface area (Å²) in [5.74, 6) is 1.28. The van der Waals surface area contributed by atoms with Crippen LogP contribution in [0.4, 0.5) is 0 Å². The highest BCUT2D eigenvalue weighted by Crippen LogP contribution is 2.23. The van der Waals surface area contributed by atoms with Gasteiger partial charge in [0.25, 0.3) is 0 Å². The molecule has 0 bridgehead atoms. The summed E-state index contributed by atoms with van der Waals surface area (Å²) in [6, 6.07) is 8.63. The lowest BCUT2D eigenvalue weighted by atomic mass is 10.1. The number of benzene rings is 1. The Labute approximate surface area is 165 Å². The van der Waals surface area contributed by atoms with Crippen LogP contribution in [0.25, 0.3) is 11.4 Å². The van der Waals surface area contributed by atoms with Gasteiger partial charge in [-0.05, 0) is 32.3 Å². The van der Waals surface area contributed by atoms with E-state index in [1.807, 2.05) is 31.2 Å². The summed E-state index contributed by atoms with van der Waals surface area (Å²) in [4.78, 5) is 19.2. The lowest BCUT2D eigenvalue weighted by Gasteiger charge is -2.33. The molecule has 2 aliphatic rings. The second-order valence-corrected chi connectivity index (χ2v) is 7.93. The van der Waals surface area contributed by atoms with Crippen molar-refractivity contribution >= 4 is 5.91 Å². The molecule has 0 unspecified atom stereocenters. The zero-order valence-corrected chi connectivity index (χ0v) is 16.6. The zero-order valence-electron chi connectivity index (χ0n) is 16.6. The van der Waals surface area contributed by atoms with Crippen LogP contribution in [0.1, 0.15) is 37.6 Å². The van der Waals surface area contributed by atoms with Gasteiger partial charge < -0.3 is 14.6 Å². The van der Waals surface area contributed by atoms with E-state index in [9.17, 15) is 4.79 Å². The number of carbonyl (C=O) groups excluding carboxylic acids is 1. The van der Waals surface area contributed by atoms with Crippen molar-refractivity contribution in [1.82, 2.24) is 20.4 Å². The lowest BCUT2D eigenvalue weighted by molar-refractivity contribution is -0.121. The maximum atomic E-state index is 12.3. The van der Waals surface area contributed by atoms with E-state index < -0.39 is 0 Å². The summed E-state index contributed by atoms with van der Waals surface area (Å²) >= 11 is 0. The predicted octanol–water partition coefficient (Wildman–Crippen LogP) is 2.35. The van der Waals surface area contributed by atoms with Crippen LogP contribution in [0.3, 0.4) is 0 Å². The highest BCUT2D eigenvalue weighted by Gasteiger charge is 2.36. The fraction of sp³-hybridized carbons (Fsp3) is 0.571. The molecule has 7 nitrogen and oxygen atoms in total. The fourth-order valence-electron chi connectivity index (χ4n) is 4.13. The fourth-order valence-corrected chi connectivity index (χ4v) is 4.13. The molecule has 150 valence electrons. The second kappa shape index (κ2) is 8.41. The van der Waals surface area contributed by atoms with Gasteiger partial charge in [0.15, 0.2) is 0 Å². The zero-order chi connectivity index (χ0) is 19.5. The highest BCUT2D eigenvalue weighted by molar-refractivity contribution is 5.76. The molecule has 4 rings (SSSR count). The molecule has 3 heterocycles. The molecule has 1 amide bonds. The first-order valence-electron chi connectivity index (χ1n) is 10.1. The van der Waals surface area contributed by atoms with Crippen molar-refractivity contribution in [2.75, 3.05) is 19.7 Å². The first kappa shape index (κ1) is 19.1. The van der Waals surface area contributed by atoms with E-state index in [-0.39, 0.29) is 18.1 Å². The van der Waals surface area contributed by atoms with Gasteiger partial charge in [0.05, 0.1) is 12.7 Å². The summed E-state index contributed by atoms with van der Waals surface area (Å²) in [6.45, 7) is 6.78. The topological polar surface area (TPSA) is 80.5 Å². The third-order valence-corrected chi connectivity index (χ3v) is 5.61. The summed E-state index contributed by atoms with van der Waals surface area (Å²) in [5.41, 5.74) is 2.09. The molecule has 2 saturated heterocycles. The van der Waals surface area contributed by atoms with Gasteiger partial charge in [-0.25, -0.2) is 0 Å². The number of morpholine rings is 1. The van der Waals surface area contributed by atoms with Crippen LogP contribution in [-0.4, -0.2) is 58.8 Å². The molecule has 0 radical (unpaired) electrons. The quantitative estimate of drug-likeness (QED) is 0.823. The minimum absolute atomic E-state index is 0.0949. The number of amides is 1. The minimum Gasteiger partial charge on any atom is -0.376 e. The van der Waals surface area contributed by atoms with Gasteiger partial charge in [-0.1, -0.05) is 29.4 Å². The molecule has 1 aromatic carbocycles. The Hall–Kier alpha value is -2.25. The van der Waals surface area contributed by atoms with Crippen LogP contribution in [0.15, 0.2) is 28.8 Å². The monoisotopic (exact) mass is 384 g/mol. The van der Waals surface area contributed by atoms with E-state index in [1.165, 1.54) is 0 Å². The minimum atomic E-state index is 0.0949. The van der Waals surface area contributed by atoms with Crippen molar-refractivity contribution < 1.29 is 14.1 Å². The van der Waals surface area contributed by atoms with Crippen molar-refractivity contribution in [1.29, 1.82) is 0 Å². The molecule has 28 heavy (non-hydrogen) atoms. The number of fused-ring (bicyclic) bond motifs is 1. The lowest BCUT2D eigenvalue weighted by Crippen LogP contribution is -2.45. The molecule has 0 aliphatic carbocycles. The van der Waals surface area contributed by atoms with Crippen molar-refractivity contribution in [3.8, 4) is 11.4 Å². The number of hydrogen-bond acceptors (Lipinski definition) is 6. The number of nitrogens with one attached hydrogen (secondary N) is 1. The van der Waals surface area contributed by atoms with E-state index in [2.05, 4.69) is 27.3 Å². The standard InChI is InChI=1S/C21H28N4O3/c1-14-6-3-4-7-18(14)21-23-20(28-24-21)9-5-8-19(26)22-16-10-17-13-27-15(2)11-25(17)12-16/h3-4,6-7,15-17H,5,8-13H2,1-2H3,(H,22,26)/t15-,16+,17-/m0/s1. The molecule has 2 fully saturated rings. The van der Waals surface area contributed by atoms with E-state index in [0.29, 0.717) is 37.0 Å². The first-order valence-corrected chi connectivity index (χ1v) is 10.1. The third kappa shape index (κ3) is 4.42. The Kier molecular flexibility index (Phi) is 5.73. The summed E-state index contributed by atoms with van der Waals surface area (Å²) in [6.07, 6.45) is 3.03. The van der Waals surface area contributed by atoms with Crippen molar-refractivity contribution in [3.63, 3.8) is 0 Å². The number of nitrogens with zero attached hydrogens (tertiary/aromatic N) is 3. The molecular weight excluding hydrogens is 356 g/mol. The van der Waals surface area contributed by atoms with Crippen LogP contribution in [0.2, 0.25) is 0 Å². The van der Waals surface area contributed by atoms with E-state index in [0.717, 1.165) is 37.2 Å². The highest BCUT2D eigenvalue weighted by atomic mass is 16.5. The Morgan fingerprint density at radius 1 is 1.32 bits per heavy atom. The van der Waals surface area contributed by atoms with Gasteiger partial charge in [-0.15, -0.1) is 0 Å². The number of aryl methyl sites for hydroxylation is 2. The van der Waals surface area contributed by atoms with Crippen molar-refractivity contribution in [3.05, 3.63) is 35.7 Å². The van der Waals surface area contributed by atoms with Gasteiger partial charge >= 0.3 is 0 Å². The molecule has 3 atom stereocenters. The SMILES string of the molecule is Cc1ccccc1-c1noc(CCCC(=O)N[C@@H]2C[C@H]3CO[C@@H](C)CN3C2)n1. The third-order valence-electron chi connectivity index (χ3n) is 5.61. The molecule has 1 N–H and O–H groups in total. The van der Waals surface area contributed by atoms with E-state index in [1.54, 1.807) is 0 Å². The van der Waals surface area contributed by atoms with E-state index >= 15 is 0 Å². The molecule has 2 aliphatic heterocycles. The average molecular weight is 384 g/mol. The van der Waals surface area contributed by atoms with Gasteiger partial charge in [-0.3, -0.25) is 9.69 Å². The molecule has 0 spiro atoms. The molecule has 1 aromatic heterocycles. The molecule has 2 aromatic rings. The first-order chi connectivity index (χ1) is 13.6. The van der Waals surface area contributed by atoms with Crippen molar-refractivity contribution in [2.45, 2.75) is 57.7 Å². The Morgan fingerprint density at radius 3 is 3.04 bits per heavy atom. The molecule has 7 heteroatoms. The summed E-state index contributed by atoms with van der Waals surface area (Å²) in [5, 5.41) is 7.24. The number of rotatable bonds is 6. The Balaban J connectivity index is 1.22. The summed E-state index contributed by atoms with van der Waals surface area (Å²) in [7, 11) is 0.